The van der Waals surface area contributed by atoms with E-state index in [9.17, 15) is 9.59 Å². The summed E-state index contributed by atoms with van der Waals surface area (Å²) in [7, 11) is 4.56. The van der Waals surface area contributed by atoms with Gasteiger partial charge in [0, 0.05) is 18.7 Å². The number of amides is 1. The molecule has 1 aromatic heterocycles. The number of likely N-dealkylation sites (N-methyl/N-ethyl adjacent to an activating group) is 1. The van der Waals surface area contributed by atoms with E-state index in [1.165, 1.54) is 20.2 Å². The Morgan fingerprint density at radius 2 is 1.87 bits per heavy atom. The Kier molecular flexibility index (Phi) is 5.00. The van der Waals surface area contributed by atoms with Gasteiger partial charge in [0.2, 0.25) is 5.91 Å². The maximum Gasteiger partial charge on any atom is 0.271 e. The van der Waals surface area contributed by atoms with Gasteiger partial charge in [0.15, 0.2) is 5.75 Å². The Labute approximate surface area is 133 Å². The fraction of sp³-hybridized carbons (Fsp3) is 0.312. The van der Waals surface area contributed by atoms with Crippen molar-refractivity contribution < 1.29 is 14.3 Å². The summed E-state index contributed by atoms with van der Waals surface area (Å²) in [6.45, 7) is 1.61. The molecule has 0 saturated heterocycles. The second kappa shape index (κ2) is 6.95. The molecule has 0 bridgehead atoms. The summed E-state index contributed by atoms with van der Waals surface area (Å²) in [6, 6.07) is 7.79. The van der Waals surface area contributed by atoms with Gasteiger partial charge in [0.1, 0.15) is 17.5 Å². The van der Waals surface area contributed by atoms with Gasteiger partial charge in [-0.05, 0) is 31.2 Å². The number of aromatic nitrogens is 2. The number of carbonyl (C=O) groups is 1. The van der Waals surface area contributed by atoms with Crippen LogP contribution in [0.3, 0.4) is 0 Å². The molecule has 0 fully saturated rings. The number of ether oxygens (including phenoxy) is 2. The lowest BCUT2D eigenvalue weighted by molar-refractivity contribution is -0.123. The predicted molar refractivity (Wildman–Crippen MR) is 85.8 cm³/mol. The topological polar surface area (TPSA) is 82.5 Å². The fourth-order valence-corrected chi connectivity index (χ4v) is 2.15. The smallest absolute Gasteiger partial charge is 0.271 e. The highest BCUT2D eigenvalue weighted by Gasteiger charge is 2.19. The van der Waals surface area contributed by atoms with Crippen LogP contribution in [0.1, 0.15) is 13.0 Å². The summed E-state index contributed by atoms with van der Waals surface area (Å²) < 4.78 is 11.5. The molecule has 7 heteroatoms. The SMILES string of the molecule is CNC(=O)C(C)n1nc(-c2ccc(OC)cc2)c(OC)cc1=O. The highest BCUT2D eigenvalue weighted by Crippen LogP contribution is 2.28. The molecule has 0 aliphatic heterocycles. The molecular weight excluding hydrogens is 298 g/mol. The lowest BCUT2D eigenvalue weighted by Gasteiger charge is -2.15. The summed E-state index contributed by atoms with van der Waals surface area (Å²) in [5, 5.41) is 6.82. The first-order valence-corrected chi connectivity index (χ1v) is 7.05. The molecule has 1 N–H and O–H groups in total. The van der Waals surface area contributed by atoms with Gasteiger partial charge in [-0.3, -0.25) is 9.59 Å². The Bertz CT molecular complexity index is 753. The average molecular weight is 317 g/mol. The molecular formula is C16H19N3O4. The summed E-state index contributed by atoms with van der Waals surface area (Å²) in [5.41, 5.74) is 0.821. The average Bonchev–Trinajstić information content (AvgIpc) is 2.60. The minimum Gasteiger partial charge on any atom is -0.497 e. The maximum absolute atomic E-state index is 12.2. The number of hydrogen-bond acceptors (Lipinski definition) is 5. The van der Waals surface area contributed by atoms with Crippen LogP contribution in [0.15, 0.2) is 35.1 Å². The second-order valence-corrected chi connectivity index (χ2v) is 4.86. The number of hydrogen-bond donors (Lipinski definition) is 1. The number of nitrogens with zero attached hydrogens (tertiary/aromatic N) is 2. The Morgan fingerprint density at radius 1 is 1.22 bits per heavy atom. The largest absolute Gasteiger partial charge is 0.497 e. The van der Waals surface area contributed by atoms with Crippen LogP contribution in [0.2, 0.25) is 0 Å². The molecule has 23 heavy (non-hydrogen) atoms. The molecule has 0 radical (unpaired) electrons. The third-order valence-corrected chi connectivity index (χ3v) is 3.50. The maximum atomic E-state index is 12.2. The molecule has 7 nitrogen and oxygen atoms in total. The lowest BCUT2D eigenvalue weighted by atomic mass is 10.1. The molecule has 1 aromatic carbocycles. The molecule has 1 atom stereocenters. The predicted octanol–water partition coefficient (Wildman–Crippen LogP) is 1.23. The number of methoxy groups -OCH3 is 2. The molecule has 1 heterocycles. The quantitative estimate of drug-likeness (QED) is 0.897. The van der Waals surface area contributed by atoms with Gasteiger partial charge in [-0.15, -0.1) is 0 Å². The normalized spacial score (nSPS) is 11.7. The van der Waals surface area contributed by atoms with E-state index >= 15 is 0 Å². The zero-order chi connectivity index (χ0) is 17.0. The van der Waals surface area contributed by atoms with E-state index in [2.05, 4.69) is 10.4 Å². The van der Waals surface area contributed by atoms with Crippen LogP contribution < -0.4 is 20.3 Å². The van der Waals surface area contributed by atoms with Crippen molar-refractivity contribution in [3.63, 3.8) is 0 Å². The van der Waals surface area contributed by atoms with Crippen molar-refractivity contribution in [2.45, 2.75) is 13.0 Å². The van der Waals surface area contributed by atoms with Crippen molar-refractivity contribution in [3.05, 3.63) is 40.7 Å². The zero-order valence-corrected chi connectivity index (χ0v) is 13.5. The van der Waals surface area contributed by atoms with Crippen LogP contribution in [-0.2, 0) is 4.79 Å². The Hall–Kier alpha value is -2.83. The summed E-state index contributed by atoms with van der Waals surface area (Å²) in [4.78, 5) is 24.0. The van der Waals surface area contributed by atoms with Gasteiger partial charge in [0.05, 0.1) is 14.2 Å². The fourth-order valence-electron chi connectivity index (χ4n) is 2.15. The molecule has 1 amide bonds. The lowest BCUT2D eigenvalue weighted by Crippen LogP contribution is -2.35. The Morgan fingerprint density at radius 3 is 2.39 bits per heavy atom. The van der Waals surface area contributed by atoms with Crippen molar-refractivity contribution in [3.8, 4) is 22.8 Å². The van der Waals surface area contributed by atoms with E-state index in [0.29, 0.717) is 17.2 Å². The van der Waals surface area contributed by atoms with Crippen LogP contribution in [0.4, 0.5) is 0 Å². The molecule has 1 unspecified atom stereocenters. The van der Waals surface area contributed by atoms with Crippen molar-refractivity contribution >= 4 is 5.91 Å². The third kappa shape index (κ3) is 3.33. The van der Waals surface area contributed by atoms with Crippen molar-refractivity contribution in [2.24, 2.45) is 0 Å². The van der Waals surface area contributed by atoms with E-state index in [1.54, 1.807) is 26.2 Å². The third-order valence-electron chi connectivity index (χ3n) is 3.50. The van der Waals surface area contributed by atoms with Crippen molar-refractivity contribution in [1.29, 1.82) is 0 Å². The second-order valence-electron chi connectivity index (χ2n) is 4.86. The molecule has 122 valence electrons. The first kappa shape index (κ1) is 16.5. The van der Waals surface area contributed by atoms with Gasteiger partial charge in [-0.1, -0.05) is 0 Å². The van der Waals surface area contributed by atoms with E-state index in [1.807, 2.05) is 12.1 Å². The minimum absolute atomic E-state index is 0.301. The number of nitrogens with one attached hydrogen (secondary N) is 1. The van der Waals surface area contributed by atoms with E-state index in [0.717, 1.165) is 10.2 Å². The van der Waals surface area contributed by atoms with E-state index in [-0.39, 0.29) is 5.91 Å². The van der Waals surface area contributed by atoms with Crippen LogP contribution >= 0.6 is 0 Å². The summed E-state index contributed by atoms with van der Waals surface area (Å²) >= 11 is 0. The minimum atomic E-state index is -0.726. The molecule has 0 spiro atoms. The Balaban J connectivity index is 2.57. The van der Waals surface area contributed by atoms with Gasteiger partial charge in [-0.25, -0.2) is 4.68 Å². The highest BCUT2D eigenvalue weighted by molar-refractivity contribution is 5.79. The van der Waals surface area contributed by atoms with E-state index in [4.69, 9.17) is 9.47 Å². The standard InChI is InChI=1S/C16H19N3O4/c1-10(16(21)17-2)19-14(20)9-13(23-4)15(18-19)11-5-7-12(22-3)8-6-11/h5-10H,1-4H3,(H,17,21). The molecule has 0 aliphatic carbocycles. The summed E-state index contributed by atoms with van der Waals surface area (Å²) in [5.74, 6) is 0.755. The van der Waals surface area contributed by atoms with E-state index < -0.39 is 11.6 Å². The number of rotatable bonds is 5. The van der Waals surface area contributed by atoms with Crippen molar-refractivity contribution in [2.75, 3.05) is 21.3 Å². The van der Waals surface area contributed by atoms with Crippen LogP contribution in [0.5, 0.6) is 11.5 Å². The van der Waals surface area contributed by atoms with Gasteiger partial charge in [0.25, 0.3) is 5.56 Å². The molecule has 0 aliphatic rings. The number of benzene rings is 1. The van der Waals surface area contributed by atoms with Crippen molar-refractivity contribution in [1.82, 2.24) is 15.1 Å². The van der Waals surface area contributed by atoms with Crippen LogP contribution in [-0.4, -0.2) is 37.0 Å². The molecule has 2 aromatic rings. The monoisotopic (exact) mass is 317 g/mol. The molecule has 0 saturated carbocycles. The molecule has 2 rings (SSSR count). The van der Waals surface area contributed by atoms with Gasteiger partial charge in [-0.2, -0.15) is 5.10 Å². The van der Waals surface area contributed by atoms with Gasteiger partial charge < -0.3 is 14.8 Å². The van der Waals surface area contributed by atoms with Crippen LogP contribution in [0, 0.1) is 0 Å². The first-order valence-electron chi connectivity index (χ1n) is 7.05. The number of carbonyl (C=O) groups excluding carboxylic acids is 1. The summed E-state index contributed by atoms with van der Waals surface area (Å²) in [6.07, 6.45) is 0. The first-order chi connectivity index (χ1) is 11.0. The van der Waals surface area contributed by atoms with Gasteiger partial charge >= 0.3 is 0 Å². The zero-order valence-electron chi connectivity index (χ0n) is 13.5. The van der Waals surface area contributed by atoms with Crippen LogP contribution in [0.25, 0.3) is 11.3 Å². The highest BCUT2D eigenvalue weighted by atomic mass is 16.5.